The van der Waals surface area contributed by atoms with Gasteiger partial charge in [0.15, 0.2) is 0 Å². The van der Waals surface area contributed by atoms with Gasteiger partial charge in [0.1, 0.15) is 0 Å². The first-order valence-corrected chi connectivity index (χ1v) is 11.0. The first-order chi connectivity index (χ1) is 6.47. The van der Waals surface area contributed by atoms with Gasteiger partial charge in [-0.15, -0.1) is 0 Å². The normalized spacial score (nSPS) is 17.4. The van der Waals surface area contributed by atoms with Crippen LogP contribution in [0.1, 0.15) is 34.1 Å². The fourth-order valence-electron chi connectivity index (χ4n) is 1.45. The van der Waals surface area contributed by atoms with E-state index in [2.05, 4.69) is 34.4 Å². The van der Waals surface area contributed by atoms with Gasteiger partial charge in [-0.1, -0.05) is 0 Å². The van der Waals surface area contributed by atoms with Gasteiger partial charge >= 0.3 is 89.0 Å². The summed E-state index contributed by atoms with van der Waals surface area (Å²) in [6, 6.07) is 0. The Morgan fingerprint density at radius 2 is 1.50 bits per heavy atom. The van der Waals surface area contributed by atoms with Crippen LogP contribution in [-0.4, -0.2) is 31.8 Å². The summed E-state index contributed by atoms with van der Waals surface area (Å²) in [5.41, 5.74) is 0. The molecule has 0 fully saturated rings. The molecule has 0 amide bonds. The minimum atomic E-state index is -2.01. The zero-order chi connectivity index (χ0) is 11.3. The Balaban J connectivity index is 4.73. The van der Waals surface area contributed by atoms with E-state index in [1.807, 2.05) is 0 Å². The molecule has 88 valence electrons. The molecule has 0 heterocycles. The molecule has 0 N–H and O–H groups in total. The molecule has 1 unspecified atom stereocenters. The summed E-state index contributed by atoms with van der Waals surface area (Å²) in [5.74, 6) is 0. The summed E-state index contributed by atoms with van der Waals surface area (Å²) in [6.45, 7) is 11.5. The Bertz CT molecular complexity index is 189. The quantitative estimate of drug-likeness (QED) is 0.627. The van der Waals surface area contributed by atoms with Crippen LogP contribution >= 0.6 is 14.0 Å². The average molecular weight is 240 g/mol. The third kappa shape index (κ3) is 2.81. The van der Waals surface area contributed by atoms with Crippen molar-refractivity contribution in [2.75, 3.05) is 31.8 Å². The molecule has 14 heavy (non-hydrogen) atoms. The van der Waals surface area contributed by atoms with Crippen molar-refractivity contribution in [3.8, 4) is 0 Å². The molecule has 0 aromatic carbocycles. The molecule has 0 aliphatic rings. The van der Waals surface area contributed by atoms with Gasteiger partial charge in [-0.25, -0.2) is 0 Å². The molecule has 4 heteroatoms. The number of hydrogen-bond donors (Lipinski definition) is 0. The fraction of sp³-hybridized carbons (Fsp3) is 1.00. The maximum absolute atomic E-state index is 12.3. The van der Waals surface area contributed by atoms with Gasteiger partial charge in [0.25, 0.3) is 0 Å². The molecule has 0 rings (SSSR count). The van der Waals surface area contributed by atoms with Crippen LogP contribution in [0.3, 0.4) is 0 Å². The van der Waals surface area contributed by atoms with Gasteiger partial charge in [0, 0.05) is 0 Å². The molecule has 0 aliphatic heterocycles. The van der Waals surface area contributed by atoms with E-state index in [0.29, 0.717) is 6.61 Å². The van der Waals surface area contributed by atoms with E-state index in [9.17, 15) is 4.57 Å². The zero-order valence-corrected chi connectivity index (χ0v) is 12.2. The molecule has 2 nitrogen and oxygen atoms in total. The summed E-state index contributed by atoms with van der Waals surface area (Å²) in [6.07, 6.45) is 2.12. The van der Waals surface area contributed by atoms with E-state index in [0.717, 1.165) is 24.9 Å². The first kappa shape index (κ1) is 14.6. The van der Waals surface area contributed by atoms with Crippen molar-refractivity contribution in [1.29, 1.82) is 0 Å². The molecular weight excluding hydrogens is 214 g/mol. The van der Waals surface area contributed by atoms with Crippen molar-refractivity contribution in [1.82, 2.24) is 0 Å². The Labute approximate surface area is 89.5 Å². The monoisotopic (exact) mass is 240 g/mol. The van der Waals surface area contributed by atoms with Crippen LogP contribution in [0.5, 0.6) is 0 Å². The van der Waals surface area contributed by atoms with Crippen molar-refractivity contribution < 1.29 is 9.09 Å². The molecule has 0 saturated carbocycles. The van der Waals surface area contributed by atoms with E-state index >= 15 is 0 Å². The Morgan fingerprint density at radius 1 is 1.07 bits per heavy atom. The van der Waals surface area contributed by atoms with E-state index in [-0.39, 0.29) is 0 Å². The molecule has 0 aliphatic carbocycles. The van der Waals surface area contributed by atoms with E-state index in [1.54, 1.807) is 0 Å². The van der Waals surface area contributed by atoms with Crippen LogP contribution in [0.4, 0.5) is 0 Å². The van der Waals surface area contributed by atoms with Gasteiger partial charge < -0.3 is 0 Å². The summed E-state index contributed by atoms with van der Waals surface area (Å²) >= 11 is 0. The molecule has 0 radical (unpaired) electrons. The molecule has 0 aromatic heterocycles. The van der Waals surface area contributed by atoms with Crippen molar-refractivity contribution in [2.45, 2.75) is 34.1 Å². The molecule has 0 spiro atoms. The summed E-state index contributed by atoms with van der Waals surface area (Å²) < 4.78 is 17.8. The number of rotatable bonds is 7. The third-order valence-electron chi connectivity index (χ3n) is 3.76. The van der Waals surface area contributed by atoms with Crippen molar-refractivity contribution in [3.05, 3.63) is 0 Å². The van der Waals surface area contributed by atoms with Gasteiger partial charge in [-0.3, -0.25) is 0 Å². The van der Waals surface area contributed by atoms with Crippen LogP contribution in [0, 0.1) is 0 Å². The SMILES string of the molecule is CCCO[PH](=O)P(C)(CC)(CC)CC. The second kappa shape index (κ2) is 5.64. The molecule has 0 saturated heterocycles. The summed E-state index contributed by atoms with van der Waals surface area (Å²) in [7, 11) is -1.82. The molecular formula is C10H26O2P2. The fourth-order valence-corrected chi connectivity index (χ4v) is 8.15. The summed E-state index contributed by atoms with van der Waals surface area (Å²) in [4.78, 5) is 0. The topological polar surface area (TPSA) is 26.3 Å². The van der Waals surface area contributed by atoms with Gasteiger partial charge in [-0.2, -0.15) is 0 Å². The van der Waals surface area contributed by atoms with Crippen molar-refractivity contribution in [2.24, 2.45) is 0 Å². The van der Waals surface area contributed by atoms with Gasteiger partial charge in [0.05, 0.1) is 0 Å². The Kier molecular flexibility index (Phi) is 5.88. The van der Waals surface area contributed by atoms with Crippen molar-refractivity contribution in [3.63, 3.8) is 0 Å². The van der Waals surface area contributed by atoms with E-state index in [4.69, 9.17) is 4.52 Å². The van der Waals surface area contributed by atoms with Gasteiger partial charge in [-0.05, 0) is 0 Å². The van der Waals surface area contributed by atoms with Gasteiger partial charge in [0.2, 0.25) is 0 Å². The van der Waals surface area contributed by atoms with Crippen LogP contribution < -0.4 is 0 Å². The van der Waals surface area contributed by atoms with Crippen LogP contribution in [-0.2, 0) is 9.09 Å². The number of hydrogen-bond acceptors (Lipinski definition) is 2. The Morgan fingerprint density at radius 3 is 1.79 bits per heavy atom. The maximum atomic E-state index is 12.3. The third-order valence-corrected chi connectivity index (χ3v) is 17.5. The van der Waals surface area contributed by atoms with Crippen LogP contribution in [0.15, 0.2) is 0 Å². The molecule has 0 aromatic rings. The van der Waals surface area contributed by atoms with Crippen LogP contribution in [0.2, 0.25) is 0 Å². The standard InChI is InChI=1S/C10H26O2P2/c1-6-10-12-13(11)14(5,7-2,8-3)9-4/h13H,6-10H2,1-5H3. The second-order valence-corrected chi connectivity index (χ2v) is 17.0. The molecule has 1 atom stereocenters. The predicted octanol–water partition coefficient (Wildman–Crippen LogP) is 4.05. The first-order valence-electron chi connectivity index (χ1n) is 5.64. The summed E-state index contributed by atoms with van der Waals surface area (Å²) in [5, 5.41) is 0. The van der Waals surface area contributed by atoms with E-state index < -0.39 is 14.0 Å². The van der Waals surface area contributed by atoms with E-state index in [1.165, 1.54) is 0 Å². The molecule has 0 bridgehead atoms. The minimum absolute atomic E-state index is 0.656. The zero-order valence-electron chi connectivity index (χ0n) is 10.3. The Hall–Kier alpha value is 0.620. The van der Waals surface area contributed by atoms with Crippen molar-refractivity contribution >= 4 is 14.0 Å². The second-order valence-electron chi connectivity index (χ2n) is 4.38. The van der Waals surface area contributed by atoms with Crippen LogP contribution in [0.25, 0.3) is 0 Å². The predicted molar refractivity (Wildman–Crippen MR) is 69.7 cm³/mol. The average Bonchev–Trinajstić information content (AvgIpc) is 2.25.